The van der Waals surface area contributed by atoms with Crippen molar-refractivity contribution in [3.63, 3.8) is 0 Å². The summed E-state index contributed by atoms with van der Waals surface area (Å²) in [7, 11) is 2.02. The molecular weight excluding hydrogens is 166 g/mol. The van der Waals surface area contributed by atoms with E-state index in [2.05, 4.69) is 11.8 Å². The first-order valence-corrected chi connectivity index (χ1v) is 4.92. The van der Waals surface area contributed by atoms with Gasteiger partial charge < -0.3 is 9.64 Å². The molecule has 0 rings (SSSR count). The molecule has 0 saturated carbocycles. The molecule has 0 saturated heterocycles. The van der Waals surface area contributed by atoms with Crippen LogP contribution in [0.1, 0.15) is 27.7 Å². The maximum absolute atomic E-state index is 10.4. The lowest BCUT2D eigenvalue weighted by Crippen LogP contribution is -2.23. The minimum atomic E-state index is 0.0872. The minimum Gasteiger partial charge on any atom is -0.372 e. The van der Waals surface area contributed by atoms with E-state index in [1.54, 1.807) is 0 Å². The van der Waals surface area contributed by atoms with Crippen molar-refractivity contribution in [1.29, 1.82) is 0 Å². The predicted octanol–water partition coefficient (Wildman–Crippen LogP) is 1.57. The lowest BCUT2D eigenvalue weighted by Gasteiger charge is -2.12. The lowest BCUT2D eigenvalue weighted by molar-refractivity contribution is -0.121. The highest BCUT2D eigenvalue weighted by Gasteiger charge is 1.95. The quantitative estimate of drug-likeness (QED) is 0.594. The van der Waals surface area contributed by atoms with Crippen LogP contribution in [-0.4, -0.2) is 44.0 Å². The van der Waals surface area contributed by atoms with Gasteiger partial charge in [0.1, 0.15) is 6.61 Å². The third kappa shape index (κ3) is 14.4. The molecule has 0 aromatic carbocycles. The molecule has 0 aliphatic heterocycles. The molecule has 0 aromatic heterocycles. The maximum atomic E-state index is 10.4. The Labute approximate surface area is 82.1 Å². The molecule has 0 bridgehead atoms. The number of hydrogen-bond acceptors (Lipinski definition) is 3. The van der Waals surface area contributed by atoms with Crippen molar-refractivity contribution >= 4 is 5.78 Å². The molecule has 13 heavy (non-hydrogen) atoms. The summed E-state index contributed by atoms with van der Waals surface area (Å²) in [4.78, 5) is 12.6. The first kappa shape index (κ1) is 15.1. The normalized spacial score (nSPS) is 9.38. The van der Waals surface area contributed by atoms with E-state index in [-0.39, 0.29) is 12.4 Å². The van der Waals surface area contributed by atoms with Crippen LogP contribution in [0.4, 0.5) is 0 Å². The third-order valence-electron chi connectivity index (χ3n) is 1.46. The maximum Gasteiger partial charge on any atom is 0.155 e. The summed E-state index contributed by atoms with van der Waals surface area (Å²) in [5, 5.41) is 0. The highest BCUT2D eigenvalue weighted by molar-refractivity contribution is 5.76. The topological polar surface area (TPSA) is 29.5 Å². The summed E-state index contributed by atoms with van der Waals surface area (Å²) in [6, 6.07) is 0. The number of ether oxygens (including phenoxy) is 1. The zero-order chi connectivity index (χ0) is 10.7. The van der Waals surface area contributed by atoms with Crippen LogP contribution in [-0.2, 0) is 9.53 Å². The average Bonchev–Trinajstić information content (AvgIpc) is 2.15. The summed E-state index contributed by atoms with van der Waals surface area (Å²) < 4.78 is 5.08. The van der Waals surface area contributed by atoms with Crippen molar-refractivity contribution in [3.05, 3.63) is 0 Å². The van der Waals surface area contributed by atoms with Crippen LogP contribution >= 0.6 is 0 Å². The molecule has 0 unspecified atom stereocenters. The fourth-order valence-corrected chi connectivity index (χ4v) is 0.594. The zero-order valence-electron chi connectivity index (χ0n) is 9.59. The van der Waals surface area contributed by atoms with E-state index >= 15 is 0 Å². The van der Waals surface area contributed by atoms with E-state index < -0.39 is 0 Å². The second kappa shape index (κ2) is 11.6. The van der Waals surface area contributed by atoms with Gasteiger partial charge in [-0.3, -0.25) is 4.79 Å². The Morgan fingerprint density at radius 1 is 1.38 bits per heavy atom. The van der Waals surface area contributed by atoms with Crippen molar-refractivity contribution in [2.45, 2.75) is 27.7 Å². The summed E-state index contributed by atoms with van der Waals surface area (Å²) >= 11 is 0. The van der Waals surface area contributed by atoms with Gasteiger partial charge in [0.25, 0.3) is 0 Å². The molecule has 0 amide bonds. The van der Waals surface area contributed by atoms with Crippen LogP contribution in [0.5, 0.6) is 0 Å². The number of ketones is 1. The number of rotatable bonds is 6. The van der Waals surface area contributed by atoms with Crippen molar-refractivity contribution < 1.29 is 9.53 Å². The molecule has 0 heterocycles. The number of nitrogens with zero attached hydrogens (tertiary/aromatic N) is 1. The number of carbonyl (C=O) groups is 1. The Balaban J connectivity index is 0. The number of carbonyl (C=O) groups excluding carboxylic acids is 1. The molecule has 80 valence electrons. The molecule has 0 aliphatic carbocycles. The van der Waals surface area contributed by atoms with E-state index in [0.29, 0.717) is 6.61 Å². The van der Waals surface area contributed by atoms with Gasteiger partial charge in [-0.25, -0.2) is 0 Å². The smallest absolute Gasteiger partial charge is 0.155 e. The summed E-state index contributed by atoms with van der Waals surface area (Å²) in [6.45, 7) is 10.4. The fourth-order valence-electron chi connectivity index (χ4n) is 0.594. The van der Waals surface area contributed by atoms with E-state index in [9.17, 15) is 4.79 Å². The summed E-state index contributed by atoms with van der Waals surface area (Å²) in [5.41, 5.74) is 0. The van der Waals surface area contributed by atoms with Gasteiger partial charge in [0.2, 0.25) is 0 Å². The van der Waals surface area contributed by atoms with Crippen molar-refractivity contribution in [2.24, 2.45) is 0 Å². The van der Waals surface area contributed by atoms with Gasteiger partial charge in [-0.2, -0.15) is 0 Å². The lowest BCUT2D eigenvalue weighted by atomic mass is 10.5. The van der Waals surface area contributed by atoms with E-state index in [1.807, 2.05) is 20.9 Å². The molecule has 3 nitrogen and oxygen atoms in total. The number of likely N-dealkylation sites (N-methyl/N-ethyl adjacent to an activating group) is 1. The molecule has 0 N–H and O–H groups in total. The van der Waals surface area contributed by atoms with Gasteiger partial charge >= 0.3 is 0 Å². The van der Waals surface area contributed by atoms with Gasteiger partial charge in [-0.05, 0) is 20.5 Å². The van der Waals surface area contributed by atoms with Crippen LogP contribution in [0.25, 0.3) is 0 Å². The van der Waals surface area contributed by atoms with Gasteiger partial charge in [0, 0.05) is 6.54 Å². The Bertz CT molecular complexity index is 115. The second-order valence-corrected chi connectivity index (χ2v) is 2.65. The van der Waals surface area contributed by atoms with Crippen LogP contribution in [0.15, 0.2) is 0 Å². The largest absolute Gasteiger partial charge is 0.372 e. The van der Waals surface area contributed by atoms with Crippen molar-refractivity contribution in [3.8, 4) is 0 Å². The second-order valence-electron chi connectivity index (χ2n) is 2.65. The number of Topliss-reactive ketones (excluding diaryl/α,β-unsaturated/α-hetero) is 1. The first-order chi connectivity index (χ1) is 6.16. The van der Waals surface area contributed by atoms with E-state index in [1.165, 1.54) is 6.92 Å². The molecule has 0 spiro atoms. The highest BCUT2D eigenvalue weighted by atomic mass is 16.5. The van der Waals surface area contributed by atoms with Gasteiger partial charge in [0.05, 0.1) is 6.61 Å². The molecule has 0 fully saturated rings. The van der Waals surface area contributed by atoms with E-state index in [4.69, 9.17) is 4.74 Å². The molecule has 0 aromatic rings. The third-order valence-corrected chi connectivity index (χ3v) is 1.46. The summed E-state index contributed by atoms with van der Waals surface area (Å²) in [5.74, 6) is 0.0872. The minimum absolute atomic E-state index is 0.0872. The Morgan fingerprint density at radius 2 is 1.92 bits per heavy atom. The Hall–Kier alpha value is -0.410. The van der Waals surface area contributed by atoms with Crippen LogP contribution in [0.2, 0.25) is 0 Å². The predicted molar refractivity (Wildman–Crippen MR) is 56.0 cm³/mol. The number of hydrogen-bond donors (Lipinski definition) is 0. The molecule has 0 aliphatic rings. The Morgan fingerprint density at radius 3 is 2.31 bits per heavy atom. The van der Waals surface area contributed by atoms with E-state index in [0.717, 1.165) is 13.1 Å². The zero-order valence-corrected chi connectivity index (χ0v) is 9.59. The van der Waals surface area contributed by atoms with Gasteiger partial charge in [-0.15, -0.1) is 0 Å². The fraction of sp³-hybridized carbons (Fsp3) is 0.900. The van der Waals surface area contributed by atoms with Crippen molar-refractivity contribution in [1.82, 2.24) is 4.90 Å². The first-order valence-electron chi connectivity index (χ1n) is 4.92. The highest BCUT2D eigenvalue weighted by Crippen LogP contribution is 1.82. The van der Waals surface area contributed by atoms with Gasteiger partial charge in [-0.1, -0.05) is 20.8 Å². The molecule has 3 heteroatoms. The van der Waals surface area contributed by atoms with Crippen LogP contribution in [0, 0.1) is 0 Å². The summed E-state index contributed by atoms with van der Waals surface area (Å²) in [6.07, 6.45) is 0. The average molecular weight is 189 g/mol. The van der Waals surface area contributed by atoms with Crippen molar-refractivity contribution in [2.75, 3.05) is 33.4 Å². The SMILES string of the molecule is CC.CCN(C)CCOCC(C)=O. The van der Waals surface area contributed by atoms with Crippen LogP contribution in [0.3, 0.4) is 0 Å². The molecular formula is C10H23NO2. The van der Waals surface area contributed by atoms with Crippen LogP contribution < -0.4 is 0 Å². The monoisotopic (exact) mass is 189 g/mol. The Kier molecular flexibility index (Phi) is 13.4. The molecule has 0 atom stereocenters. The van der Waals surface area contributed by atoms with Gasteiger partial charge in [0.15, 0.2) is 5.78 Å². The standard InChI is InChI=1S/C8H17NO2.C2H6/c1-4-9(3)5-6-11-7-8(2)10;1-2/h4-7H2,1-3H3;1-2H3. The molecule has 0 radical (unpaired) electrons.